The Morgan fingerprint density at radius 3 is 2.78 bits per heavy atom. The predicted molar refractivity (Wildman–Crippen MR) is 77.6 cm³/mol. The lowest BCUT2D eigenvalue weighted by Gasteiger charge is -2.34. The molecule has 3 atom stereocenters. The second-order valence-electron chi connectivity index (χ2n) is 5.49. The van der Waals surface area contributed by atoms with E-state index in [0.717, 1.165) is 22.4 Å². The van der Waals surface area contributed by atoms with Gasteiger partial charge in [-0.1, -0.05) is 31.9 Å². The van der Waals surface area contributed by atoms with E-state index in [1.165, 1.54) is 19.3 Å². The Morgan fingerprint density at radius 2 is 2.06 bits per heavy atom. The van der Waals surface area contributed by atoms with E-state index in [2.05, 4.69) is 19.2 Å². The van der Waals surface area contributed by atoms with Crippen molar-refractivity contribution in [2.45, 2.75) is 39.2 Å². The van der Waals surface area contributed by atoms with E-state index < -0.39 is 0 Å². The van der Waals surface area contributed by atoms with Crippen LogP contribution in [0.2, 0.25) is 5.02 Å². The van der Waals surface area contributed by atoms with Gasteiger partial charge in [0.2, 0.25) is 0 Å². The number of benzene rings is 1. The van der Waals surface area contributed by atoms with Crippen LogP contribution in [0.25, 0.3) is 0 Å². The topological polar surface area (TPSA) is 21.3 Å². The molecule has 0 amide bonds. The smallest absolute Gasteiger partial charge is 0.121 e. The van der Waals surface area contributed by atoms with Gasteiger partial charge in [0.05, 0.1) is 17.8 Å². The standard InChI is InChI=1S/C15H22ClNO/c1-10-4-5-11(2)14(8-10)17-15-9-12(18-3)6-7-13(15)16/h6-7,9-11,14,17H,4-5,8H2,1-3H3. The molecule has 1 fully saturated rings. The molecule has 0 aliphatic heterocycles. The van der Waals surface area contributed by atoms with Crippen molar-refractivity contribution in [1.82, 2.24) is 0 Å². The fraction of sp³-hybridized carbons (Fsp3) is 0.600. The summed E-state index contributed by atoms with van der Waals surface area (Å²) in [6.45, 7) is 4.64. The highest BCUT2D eigenvalue weighted by molar-refractivity contribution is 6.33. The van der Waals surface area contributed by atoms with E-state index in [4.69, 9.17) is 16.3 Å². The van der Waals surface area contributed by atoms with Crippen molar-refractivity contribution in [2.24, 2.45) is 11.8 Å². The number of nitrogens with one attached hydrogen (secondary N) is 1. The molecule has 1 N–H and O–H groups in total. The zero-order valence-electron chi connectivity index (χ0n) is 11.4. The summed E-state index contributed by atoms with van der Waals surface area (Å²) in [4.78, 5) is 0. The third-order valence-electron chi connectivity index (χ3n) is 3.97. The maximum absolute atomic E-state index is 6.24. The molecular formula is C15H22ClNO. The third-order valence-corrected chi connectivity index (χ3v) is 4.30. The molecule has 0 bridgehead atoms. The molecule has 0 saturated heterocycles. The second-order valence-corrected chi connectivity index (χ2v) is 5.90. The van der Waals surface area contributed by atoms with Crippen LogP contribution < -0.4 is 10.1 Å². The third kappa shape index (κ3) is 3.11. The van der Waals surface area contributed by atoms with Crippen molar-refractivity contribution in [3.8, 4) is 5.75 Å². The van der Waals surface area contributed by atoms with Gasteiger partial charge in [-0.2, -0.15) is 0 Å². The first-order valence-electron chi connectivity index (χ1n) is 6.70. The molecule has 2 rings (SSSR count). The average molecular weight is 268 g/mol. The van der Waals surface area contributed by atoms with Crippen LogP contribution in [0, 0.1) is 11.8 Å². The van der Waals surface area contributed by atoms with E-state index in [9.17, 15) is 0 Å². The van der Waals surface area contributed by atoms with Crippen LogP contribution in [0.4, 0.5) is 5.69 Å². The van der Waals surface area contributed by atoms with E-state index in [1.807, 2.05) is 18.2 Å². The molecule has 0 heterocycles. The number of hydrogen-bond acceptors (Lipinski definition) is 2. The Labute approximate surface area is 115 Å². The molecule has 0 spiro atoms. The summed E-state index contributed by atoms with van der Waals surface area (Å²) in [7, 11) is 1.68. The summed E-state index contributed by atoms with van der Waals surface area (Å²) in [5.74, 6) is 2.34. The lowest BCUT2D eigenvalue weighted by Crippen LogP contribution is -2.33. The first kappa shape index (κ1) is 13.5. The molecule has 1 aliphatic rings. The van der Waals surface area contributed by atoms with Crippen molar-refractivity contribution in [3.63, 3.8) is 0 Å². The molecule has 3 heteroatoms. The molecule has 1 aliphatic carbocycles. The van der Waals surface area contributed by atoms with Gasteiger partial charge in [-0.15, -0.1) is 0 Å². The SMILES string of the molecule is COc1ccc(Cl)c(NC2CC(C)CCC2C)c1. The van der Waals surface area contributed by atoms with Gasteiger partial charge in [-0.3, -0.25) is 0 Å². The summed E-state index contributed by atoms with van der Waals surface area (Å²) < 4.78 is 5.25. The maximum atomic E-state index is 6.24. The molecule has 1 saturated carbocycles. The zero-order valence-corrected chi connectivity index (χ0v) is 12.1. The summed E-state index contributed by atoms with van der Waals surface area (Å²) in [6, 6.07) is 6.27. The van der Waals surface area contributed by atoms with Crippen molar-refractivity contribution >= 4 is 17.3 Å². The quantitative estimate of drug-likeness (QED) is 0.865. The van der Waals surface area contributed by atoms with Gasteiger partial charge >= 0.3 is 0 Å². The van der Waals surface area contributed by atoms with E-state index in [0.29, 0.717) is 12.0 Å². The first-order chi connectivity index (χ1) is 8.60. The minimum absolute atomic E-state index is 0.512. The molecule has 2 nitrogen and oxygen atoms in total. The van der Waals surface area contributed by atoms with Crippen LogP contribution in [0.3, 0.4) is 0 Å². The van der Waals surface area contributed by atoms with Gasteiger partial charge in [-0.05, 0) is 36.8 Å². The van der Waals surface area contributed by atoms with Crippen molar-refractivity contribution in [3.05, 3.63) is 23.2 Å². The average Bonchev–Trinajstić information content (AvgIpc) is 2.36. The van der Waals surface area contributed by atoms with Gasteiger partial charge in [0.25, 0.3) is 0 Å². The normalized spacial score (nSPS) is 27.9. The molecule has 18 heavy (non-hydrogen) atoms. The van der Waals surface area contributed by atoms with E-state index in [-0.39, 0.29) is 0 Å². The summed E-state index contributed by atoms with van der Waals surface area (Å²) in [5.41, 5.74) is 0.988. The Morgan fingerprint density at radius 1 is 1.28 bits per heavy atom. The highest BCUT2D eigenvalue weighted by Gasteiger charge is 2.25. The van der Waals surface area contributed by atoms with Crippen LogP contribution in [-0.2, 0) is 0 Å². The molecule has 1 aromatic rings. The van der Waals surface area contributed by atoms with Crippen molar-refractivity contribution < 1.29 is 4.74 Å². The summed E-state index contributed by atoms with van der Waals surface area (Å²) in [5, 5.41) is 4.36. The first-order valence-corrected chi connectivity index (χ1v) is 7.08. The zero-order chi connectivity index (χ0) is 13.1. The van der Waals surface area contributed by atoms with Crippen LogP contribution in [0.1, 0.15) is 33.1 Å². The Bertz CT molecular complexity index is 407. The van der Waals surface area contributed by atoms with Crippen LogP contribution in [0.15, 0.2) is 18.2 Å². The number of halogens is 1. The van der Waals surface area contributed by atoms with E-state index >= 15 is 0 Å². The molecule has 3 unspecified atom stereocenters. The minimum Gasteiger partial charge on any atom is -0.497 e. The molecule has 0 radical (unpaired) electrons. The monoisotopic (exact) mass is 267 g/mol. The Kier molecular flexibility index (Phi) is 4.39. The minimum atomic E-state index is 0.512. The number of anilines is 1. The lowest BCUT2D eigenvalue weighted by molar-refractivity contribution is 0.280. The van der Waals surface area contributed by atoms with Gasteiger partial charge in [0.1, 0.15) is 5.75 Å². The van der Waals surface area contributed by atoms with Crippen LogP contribution in [0.5, 0.6) is 5.75 Å². The highest BCUT2D eigenvalue weighted by atomic mass is 35.5. The lowest BCUT2D eigenvalue weighted by atomic mass is 9.80. The van der Waals surface area contributed by atoms with Gasteiger partial charge < -0.3 is 10.1 Å². The fourth-order valence-electron chi connectivity index (χ4n) is 2.68. The maximum Gasteiger partial charge on any atom is 0.121 e. The van der Waals surface area contributed by atoms with Gasteiger partial charge in [0, 0.05) is 12.1 Å². The molecule has 0 aromatic heterocycles. The number of methoxy groups -OCH3 is 1. The Hall–Kier alpha value is -0.890. The molecule has 100 valence electrons. The fourth-order valence-corrected chi connectivity index (χ4v) is 2.85. The van der Waals surface area contributed by atoms with Crippen LogP contribution >= 0.6 is 11.6 Å². The van der Waals surface area contributed by atoms with Crippen molar-refractivity contribution in [2.75, 3.05) is 12.4 Å². The number of rotatable bonds is 3. The largest absolute Gasteiger partial charge is 0.497 e. The van der Waals surface area contributed by atoms with Crippen LogP contribution in [-0.4, -0.2) is 13.2 Å². The Balaban J connectivity index is 2.12. The number of hydrogen-bond donors (Lipinski definition) is 1. The number of ether oxygens (including phenoxy) is 1. The van der Waals surface area contributed by atoms with Gasteiger partial charge in [-0.25, -0.2) is 0 Å². The molecule has 1 aromatic carbocycles. The summed E-state index contributed by atoms with van der Waals surface area (Å²) >= 11 is 6.24. The van der Waals surface area contributed by atoms with Crippen molar-refractivity contribution in [1.29, 1.82) is 0 Å². The highest BCUT2D eigenvalue weighted by Crippen LogP contribution is 2.33. The second kappa shape index (κ2) is 5.83. The molecular weight excluding hydrogens is 246 g/mol. The van der Waals surface area contributed by atoms with E-state index in [1.54, 1.807) is 7.11 Å². The predicted octanol–water partition coefficient (Wildman–Crippen LogP) is 4.59. The van der Waals surface area contributed by atoms with Gasteiger partial charge in [0.15, 0.2) is 0 Å². The summed E-state index contributed by atoms with van der Waals surface area (Å²) in [6.07, 6.45) is 3.85.